The van der Waals surface area contributed by atoms with E-state index < -0.39 is 24.3 Å². The van der Waals surface area contributed by atoms with Gasteiger partial charge in [-0.1, -0.05) is 0 Å². The van der Waals surface area contributed by atoms with E-state index in [1.54, 1.807) is 27.7 Å². The summed E-state index contributed by atoms with van der Waals surface area (Å²) in [5.41, 5.74) is -2.01. The molecule has 0 heterocycles. The second-order valence-corrected chi connectivity index (χ2v) is 5.02. The highest BCUT2D eigenvalue weighted by molar-refractivity contribution is 6.33. The second kappa shape index (κ2) is 6.86. The number of rotatable bonds is 3. The van der Waals surface area contributed by atoms with Crippen LogP contribution in [-0.2, 0) is 0 Å². The van der Waals surface area contributed by atoms with Gasteiger partial charge in [0.15, 0.2) is 0 Å². The first-order chi connectivity index (χ1) is 8.43. The Balaban J connectivity index is 0.000000362. The Morgan fingerprint density at radius 2 is 1.32 bits per heavy atom. The molecule has 19 heavy (non-hydrogen) atoms. The van der Waals surface area contributed by atoms with E-state index >= 15 is 0 Å². The lowest BCUT2D eigenvalue weighted by molar-refractivity contribution is -0.107. The second-order valence-electron chi connectivity index (χ2n) is 5.02. The van der Waals surface area contributed by atoms with Crippen LogP contribution in [0, 0.1) is 5.82 Å². The number of hydrogen-bond donors (Lipinski definition) is 4. The Morgan fingerprint density at radius 3 is 1.58 bits per heavy atom. The first kappa shape index (κ1) is 17.9. The van der Waals surface area contributed by atoms with Gasteiger partial charge >= 0.3 is 7.32 Å². The van der Waals surface area contributed by atoms with E-state index in [0.29, 0.717) is 0 Å². The van der Waals surface area contributed by atoms with Gasteiger partial charge in [0, 0.05) is 0 Å². The average Bonchev–Trinajstić information content (AvgIpc) is 2.18. The molecule has 0 aliphatic carbocycles. The summed E-state index contributed by atoms with van der Waals surface area (Å²) in [4.78, 5) is 0. The van der Waals surface area contributed by atoms with E-state index in [0.717, 1.165) is 12.1 Å². The summed E-state index contributed by atoms with van der Waals surface area (Å²) in [6.45, 7) is 6.31. The largest absolute Gasteiger partial charge is 0.707 e. The van der Waals surface area contributed by atoms with Crippen molar-refractivity contribution in [1.29, 1.82) is 0 Å². The predicted molar refractivity (Wildman–Crippen MR) is 69.8 cm³/mol. The highest BCUT2D eigenvalue weighted by atomic mass is 19.1. The molecule has 0 fully saturated rings. The van der Waals surface area contributed by atoms with E-state index in [4.69, 9.17) is 20.3 Å². The van der Waals surface area contributed by atoms with Gasteiger partial charge in [-0.05, 0) is 52.0 Å². The number of aliphatic hydroxyl groups is 2. The summed E-state index contributed by atoms with van der Waals surface area (Å²) in [5, 5.41) is 34.8. The molecule has 0 aliphatic heterocycles. The van der Waals surface area contributed by atoms with Crippen molar-refractivity contribution in [2.75, 3.05) is 0 Å². The van der Waals surface area contributed by atoms with Crippen molar-refractivity contribution >= 4 is 7.32 Å². The van der Waals surface area contributed by atoms with Crippen LogP contribution in [0.2, 0.25) is 0 Å². The lowest BCUT2D eigenvalue weighted by Gasteiger charge is -2.31. The Hall–Kier alpha value is -1.15. The van der Waals surface area contributed by atoms with Crippen LogP contribution in [0.15, 0.2) is 24.3 Å². The molecule has 7 heteroatoms. The molecule has 1 aromatic carbocycles. The van der Waals surface area contributed by atoms with Crippen molar-refractivity contribution in [3.63, 3.8) is 0 Å². The molecular formula is C12H20BFO5. The fourth-order valence-corrected chi connectivity index (χ4v) is 0.635. The molecule has 0 bridgehead atoms. The minimum Gasteiger partial charge on any atom is -0.512 e. The fraction of sp³-hybridized carbons (Fsp3) is 0.500. The molecule has 0 aliphatic rings. The molecule has 0 radical (unpaired) electrons. The van der Waals surface area contributed by atoms with Crippen molar-refractivity contribution in [1.82, 2.24) is 0 Å². The van der Waals surface area contributed by atoms with Gasteiger partial charge in [0.05, 0.1) is 11.2 Å². The molecule has 1 rings (SSSR count). The number of benzene rings is 1. The molecule has 0 atom stereocenters. The summed E-state index contributed by atoms with van der Waals surface area (Å²) >= 11 is 0. The number of halogens is 1. The lowest BCUT2D eigenvalue weighted by Crippen LogP contribution is -2.44. The molecule has 4 N–H and O–H groups in total. The summed E-state index contributed by atoms with van der Waals surface area (Å²) in [6.07, 6.45) is 0. The highest BCUT2D eigenvalue weighted by Crippen LogP contribution is 2.19. The molecular weight excluding hydrogens is 254 g/mol. The van der Waals surface area contributed by atoms with Crippen molar-refractivity contribution in [3.8, 4) is 5.75 Å². The van der Waals surface area contributed by atoms with Crippen LogP contribution in [-0.4, -0.2) is 38.8 Å². The van der Waals surface area contributed by atoms with E-state index in [-0.39, 0.29) is 5.75 Å². The molecule has 1 aromatic rings. The van der Waals surface area contributed by atoms with Gasteiger partial charge in [0.25, 0.3) is 0 Å². The van der Waals surface area contributed by atoms with Crippen molar-refractivity contribution < 1.29 is 29.3 Å². The molecule has 0 unspecified atom stereocenters. The van der Waals surface area contributed by atoms with Crippen LogP contribution in [0.3, 0.4) is 0 Å². The standard InChI is InChI=1S/C6H6BFO3.C6H14O2/c8-5-1-3-6(4-2-5)11-7(9)10;1-5(2,7)6(3,4)8/h1-4,9-10H;7-8H,1-4H3. The molecule has 5 nitrogen and oxygen atoms in total. The zero-order valence-electron chi connectivity index (χ0n) is 11.5. The molecule has 0 saturated heterocycles. The zero-order valence-corrected chi connectivity index (χ0v) is 11.5. The smallest absolute Gasteiger partial charge is 0.512 e. The maximum atomic E-state index is 12.2. The van der Waals surface area contributed by atoms with Crippen LogP contribution in [0.5, 0.6) is 5.75 Å². The summed E-state index contributed by atoms with van der Waals surface area (Å²) in [7, 11) is -1.86. The summed E-state index contributed by atoms with van der Waals surface area (Å²) < 4.78 is 16.7. The fourth-order valence-electron chi connectivity index (χ4n) is 0.635. The Kier molecular flexibility index (Phi) is 6.45. The molecule has 0 aromatic heterocycles. The zero-order chi connectivity index (χ0) is 15.3. The molecule has 0 amide bonds. The average molecular weight is 274 g/mol. The van der Waals surface area contributed by atoms with Crippen molar-refractivity contribution in [2.24, 2.45) is 0 Å². The van der Waals surface area contributed by atoms with Crippen LogP contribution >= 0.6 is 0 Å². The van der Waals surface area contributed by atoms with E-state index in [9.17, 15) is 4.39 Å². The van der Waals surface area contributed by atoms with Gasteiger partial charge in [0.2, 0.25) is 0 Å². The van der Waals surface area contributed by atoms with Gasteiger partial charge in [-0.25, -0.2) is 4.39 Å². The van der Waals surface area contributed by atoms with Crippen molar-refractivity contribution in [2.45, 2.75) is 38.9 Å². The third-order valence-electron chi connectivity index (χ3n) is 2.55. The topological polar surface area (TPSA) is 90.2 Å². The van der Waals surface area contributed by atoms with Crippen LogP contribution < -0.4 is 4.65 Å². The van der Waals surface area contributed by atoms with E-state index in [1.165, 1.54) is 12.1 Å². The monoisotopic (exact) mass is 274 g/mol. The predicted octanol–water partition coefficient (Wildman–Crippen LogP) is 0.702. The van der Waals surface area contributed by atoms with Gasteiger partial charge in [-0.2, -0.15) is 0 Å². The maximum absolute atomic E-state index is 12.2. The maximum Gasteiger partial charge on any atom is 0.707 e. The highest BCUT2D eigenvalue weighted by Gasteiger charge is 2.31. The quantitative estimate of drug-likeness (QED) is 0.609. The van der Waals surface area contributed by atoms with E-state index in [2.05, 4.69) is 4.65 Å². The third kappa shape index (κ3) is 7.79. The van der Waals surface area contributed by atoms with Crippen LogP contribution in [0.25, 0.3) is 0 Å². The molecule has 0 saturated carbocycles. The normalized spacial score (nSPS) is 11.4. The van der Waals surface area contributed by atoms with Crippen molar-refractivity contribution in [3.05, 3.63) is 30.1 Å². The van der Waals surface area contributed by atoms with Crippen LogP contribution in [0.1, 0.15) is 27.7 Å². The Morgan fingerprint density at radius 1 is 0.947 bits per heavy atom. The van der Waals surface area contributed by atoms with Gasteiger partial charge in [0.1, 0.15) is 11.6 Å². The minimum atomic E-state index is -1.86. The van der Waals surface area contributed by atoms with Gasteiger partial charge < -0.3 is 24.9 Å². The first-order valence-electron chi connectivity index (χ1n) is 5.66. The van der Waals surface area contributed by atoms with Gasteiger partial charge in [-0.3, -0.25) is 0 Å². The van der Waals surface area contributed by atoms with Crippen LogP contribution in [0.4, 0.5) is 4.39 Å². The number of hydrogen-bond acceptors (Lipinski definition) is 5. The first-order valence-corrected chi connectivity index (χ1v) is 5.66. The SMILES string of the molecule is CC(C)(O)C(C)(C)O.OB(O)Oc1ccc(F)cc1. The van der Waals surface area contributed by atoms with Gasteiger partial charge in [-0.15, -0.1) is 0 Å². The molecule has 0 spiro atoms. The summed E-state index contributed by atoms with van der Waals surface area (Å²) in [5.74, 6) is -0.189. The Labute approximate surface area is 112 Å². The third-order valence-corrected chi connectivity index (χ3v) is 2.55. The van der Waals surface area contributed by atoms with E-state index in [1.807, 2.05) is 0 Å². The Bertz CT molecular complexity index is 355. The lowest BCUT2D eigenvalue weighted by atomic mass is 9.90. The minimum absolute atomic E-state index is 0.210. The molecule has 108 valence electrons. The summed E-state index contributed by atoms with van der Waals surface area (Å²) in [6, 6.07) is 4.93.